The summed E-state index contributed by atoms with van der Waals surface area (Å²) >= 11 is 0. The molecule has 3 heteroatoms. The minimum absolute atomic E-state index is 0.116. The predicted octanol–water partition coefficient (Wildman–Crippen LogP) is 4.27. The van der Waals surface area contributed by atoms with E-state index in [1.165, 1.54) is 34.4 Å². The quantitative estimate of drug-likeness (QED) is 0.849. The number of benzene rings is 2. The monoisotopic (exact) mass is 285 g/mol. The van der Waals surface area contributed by atoms with Crippen molar-refractivity contribution in [3.8, 4) is 5.75 Å². The number of aryl methyl sites for hydroxylation is 3. The summed E-state index contributed by atoms with van der Waals surface area (Å²) in [5.41, 5.74) is 11.9. The maximum atomic E-state index is 13.4. The Hall–Kier alpha value is -1.87. The van der Waals surface area contributed by atoms with Gasteiger partial charge in [0.05, 0.1) is 0 Å². The van der Waals surface area contributed by atoms with Crippen LogP contribution in [0.25, 0.3) is 0 Å². The van der Waals surface area contributed by atoms with Crippen molar-refractivity contribution in [2.24, 2.45) is 5.73 Å². The smallest absolute Gasteiger partial charge is 0.127 e. The lowest BCUT2D eigenvalue weighted by atomic mass is 9.88. The van der Waals surface area contributed by atoms with Gasteiger partial charge in [-0.1, -0.05) is 23.8 Å². The molecule has 3 rings (SSSR count). The first-order valence-electron chi connectivity index (χ1n) is 7.25. The van der Waals surface area contributed by atoms with E-state index in [2.05, 4.69) is 32.9 Å². The van der Waals surface area contributed by atoms with Crippen molar-refractivity contribution in [2.75, 3.05) is 0 Å². The van der Waals surface area contributed by atoms with Crippen LogP contribution in [0.5, 0.6) is 5.75 Å². The summed E-state index contributed by atoms with van der Waals surface area (Å²) in [6, 6.07) is 8.77. The third-order valence-corrected chi connectivity index (χ3v) is 4.17. The Morgan fingerprint density at radius 1 is 1.10 bits per heavy atom. The molecule has 0 fully saturated rings. The highest BCUT2D eigenvalue weighted by atomic mass is 19.1. The van der Waals surface area contributed by atoms with E-state index >= 15 is 0 Å². The lowest BCUT2D eigenvalue weighted by Gasteiger charge is -2.32. The van der Waals surface area contributed by atoms with Gasteiger partial charge in [0.1, 0.15) is 17.7 Å². The molecule has 0 saturated carbocycles. The van der Waals surface area contributed by atoms with Gasteiger partial charge in [-0.2, -0.15) is 0 Å². The van der Waals surface area contributed by atoms with Gasteiger partial charge in [-0.15, -0.1) is 0 Å². The van der Waals surface area contributed by atoms with Crippen molar-refractivity contribution in [3.63, 3.8) is 0 Å². The van der Waals surface area contributed by atoms with Gasteiger partial charge >= 0.3 is 0 Å². The number of hydrogen-bond acceptors (Lipinski definition) is 2. The van der Waals surface area contributed by atoms with Gasteiger partial charge in [-0.3, -0.25) is 0 Å². The van der Waals surface area contributed by atoms with Crippen LogP contribution in [0.3, 0.4) is 0 Å². The lowest BCUT2D eigenvalue weighted by molar-refractivity contribution is 0.159. The number of ether oxygens (including phenoxy) is 1. The average molecular weight is 285 g/mol. The fraction of sp³-hybridized carbons (Fsp3) is 0.333. The Bertz CT molecular complexity index is 673. The molecule has 2 aromatic carbocycles. The fourth-order valence-electron chi connectivity index (χ4n) is 3.35. The Morgan fingerprint density at radius 2 is 1.76 bits per heavy atom. The zero-order chi connectivity index (χ0) is 15.1. The van der Waals surface area contributed by atoms with Gasteiger partial charge in [0, 0.05) is 24.1 Å². The van der Waals surface area contributed by atoms with Crippen molar-refractivity contribution in [1.82, 2.24) is 0 Å². The van der Waals surface area contributed by atoms with Crippen molar-refractivity contribution in [2.45, 2.75) is 39.3 Å². The van der Waals surface area contributed by atoms with Gasteiger partial charge in [0.2, 0.25) is 0 Å². The second-order valence-corrected chi connectivity index (χ2v) is 5.94. The molecule has 1 unspecified atom stereocenters. The number of nitrogens with two attached hydrogens (primary N) is 1. The molecule has 0 radical (unpaired) electrons. The summed E-state index contributed by atoms with van der Waals surface area (Å²) < 4.78 is 19.5. The first-order chi connectivity index (χ1) is 9.95. The standard InChI is InChI=1S/C18H20FNO/c1-10-6-11(2)18(12(3)7-10)17-9-15(20)14-5-4-13(19)8-16(14)21-17/h4-8,15,17H,9,20H2,1-3H3/t15-,17?/m0/s1. The van der Waals surface area contributed by atoms with Gasteiger partial charge in [0.15, 0.2) is 0 Å². The van der Waals surface area contributed by atoms with E-state index in [-0.39, 0.29) is 18.0 Å². The molecule has 0 amide bonds. The van der Waals surface area contributed by atoms with E-state index < -0.39 is 0 Å². The van der Waals surface area contributed by atoms with Crippen LogP contribution < -0.4 is 10.5 Å². The van der Waals surface area contributed by atoms with Crippen LogP contribution in [0.15, 0.2) is 30.3 Å². The molecule has 0 saturated heterocycles. The van der Waals surface area contributed by atoms with Crippen LogP contribution in [0.1, 0.15) is 46.4 Å². The summed E-state index contributed by atoms with van der Waals surface area (Å²) in [6.07, 6.45) is 0.596. The molecule has 0 bridgehead atoms. The maximum absolute atomic E-state index is 13.4. The first-order valence-corrected chi connectivity index (χ1v) is 7.25. The Labute approximate surface area is 124 Å². The predicted molar refractivity (Wildman–Crippen MR) is 82.0 cm³/mol. The Morgan fingerprint density at radius 3 is 2.43 bits per heavy atom. The third-order valence-electron chi connectivity index (χ3n) is 4.17. The molecule has 2 N–H and O–H groups in total. The molecule has 0 aromatic heterocycles. The molecule has 0 spiro atoms. The SMILES string of the molecule is Cc1cc(C)c(C2C[C@H](N)c3ccc(F)cc3O2)c(C)c1. The molecule has 1 heterocycles. The van der Waals surface area contributed by atoms with Crippen molar-refractivity contribution >= 4 is 0 Å². The highest BCUT2D eigenvalue weighted by molar-refractivity contribution is 5.44. The van der Waals surface area contributed by atoms with E-state index in [0.29, 0.717) is 12.2 Å². The molecule has 2 aromatic rings. The minimum Gasteiger partial charge on any atom is -0.485 e. The molecule has 110 valence electrons. The highest BCUT2D eigenvalue weighted by Crippen LogP contribution is 2.41. The fourth-order valence-corrected chi connectivity index (χ4v) is 3.35. The van der Waals surface area contributed by atoms with Crippen LogP contribution in [0.4, 0.5) is 4.39 Å². The number of halogens is 1. The van der Waals surface area contributed by atoms with Crippen LogP contribution >= 0.6 is 0 Å². The van der Waals surface area contributed by atoms with E-state index in [0.717, 1.165) is 5.56 Å². The topological polar surface area (TPSA) is 35.2 Å². The number of hydrogen-bond donors (Lipinski definition) is 1. The van der Waals surface area contributed by atoms with Crippen LogP contribution in [0, 0.1) is 26.6 Å². The summed E-state index contributed by atoms with van der Waals surface area (Å²) in [5.74, 6) is 0.275. The van der Waals surface area contributed by atoms with Gasteiger partial charge in [-0.25, -0.2) is 4.39 Å². The molecule has 1 aliphatic heterocycles. The second kappa shape index (κ2) is 5.15. The summed E-state index contributed by atoms with van der Waals surface area (Å²) in [6.45, 7) is 6.26. The maximum Gasteiger partial charge on any atom is 0.127 e. The molecule has 1 aliphatic rings. The van der Waals surface area contributed by atoms with Crippen LogP contribution in [0.2, 0.25) is 0 Å². The van der Waals surface area contributed by atoms with Crippen molar-refractivity contribution in [1.29, 1.82) is 0 Å². The van der Waals surface area contributed by atoms with E-state index in [9.17, 15) is 4.39 Å². The van der Waals surface area contributed by atoms with Crippen LogP contribution in [-0.2, 0) is 0 Å². The van der Waals surface area contributed by atoms with Crippen molar-refractivity contribution < 1.29 is 9.13 Å². The van der Waals surface area contributed by atoms with Crippen LogP contribution in [-0.4, -0.2) is 0 Å². The zero-order valence-electron chi connectivity index (χ0n) is 12.6. The van der Waals surface area contributed by atoms with E-state index in [4.69, 9.17) is 10.5 Å². The average Bonchev–Trinajstić information content (AvgIpc) is 2.36. The molecule has 2 atom stereocenters. The summed E-state index contributed by atoms with van der Waals surface area (Å²) in [7, 11) is 0. The van der Waals surface area contributed by atoms with Gasteiger partial charge in [-0.05, 0) is 43.5 Å². The number of rotatable bonds is 1. The molecular weight excluding hydrogens is 265 g/mol. The molecule has 21 heavy (non-hydrogen) atoms. The van der Waals surface area contributed by atoms with Gasteiger partial charge < -0.3 is 10.5 Å². The Kier molecular flexibility index (Phi) is 3.46. The van der Waals surface area contributed by atoms with E-state index in [1.807, 2.05) is 0 Å². The summed E-state index contributed by atoms with van der Waals surface area (Å²) in [4.78, 5) is 0. The highest BCUT2D eigenvalue weighted by Gasteiger charge is 2.29. The second-order valence-electron chi connectivity index (χ2n) is 5.94. The molecular formula is C18H20FNO. The van der Waals surface area contributed by atoms with E-state index in [1.54, 1.807) is 6.07 Å². The van der Waals surface area contributed by atoms with Crippen molar-refractivity contribution in [3.05, 3.63) is 64.0 Å². The minimum atomic E-state index is -0.293. The zero-order valence-corrected chi connectivity index (χ0v) is 12.6. The third kappa shape index (κ3) is 2.54. The van der Waals surface area contributed by atoms with Gasteiger partial charge in [0.25, 0.3) is 0 Å². The first kappa shape index (κ1) is 14.1. The summed E-state index contributed by atoms with van der Waals surface area (Å²) in [5, 5.41) is 0. The largest absolute Gasteiger partial charge is 0.485 e. The lowest BCUT2D eigenvalue weighted by Crippen LogP contribution is -2.25. The molecule has 2 nitrogen and oxygen atoms in total. The normalized spacial score (nSPS) is 20.8. The Balaban J connectivity index is 2.03. The molecule has 0 aliphatic carbocycles. The number of fused-ring (bicyclic) bond motifs is 1.